The standard InChI is InChI=1S/C19H24N2O3/c1-15(22)11-13-20-19(23)21-17-9-5-6-10-18(17)24-14-12-16-7-3-2-4-8-16/h2-10,15,22H,11-14H2,1H3,(H2,20,21,23). The zero-order chi connectivity index (χ0) is 17.2. The van der Waals surface area contributed by atoms with Crippen LogP contribution in [0.1, 0.15) is 18.9 Å². The lowest BCUT2D eigenvalue weighted by atomic mass is 10.2. The Bertz CT molecular complexity index is 630. The second-order valence-electron chi connectivity index (χ2n) is 5.60. The van der Waals surface area contributed by atoms with Gasteiger partial charge in [-0.2, -0.15) is 0 Å². The number of benzene rings is 2. The molecule has 0 radical (unpaired) electrons. The van der Waals surface area contributed by atoms with Crippen molar-refractivity contribution in [3.63, 3.8) is 0 Å². The number of ether oxygens (including phenoxy) is 1. The van der Waals surface area contributed by atoms with Gasteiger partial charge < -0.3 is 20.5 Å². The molecule has 1 atom stereocenters. The molecule has 2 aromatic rings. The predicted octanol–water partition coefficient (Wildman–Crippen LogP) is 3.20. The van der Waals surface area contributed by atoms with E-state index in [-0.39, 0.29) is 6.03 Å². The van der Waals surface area contributed by atoms with Crippen molar-refractivity contribution in [1.29, 1.82) is 0 Å². The van der Waals surface area contributed by atoms with Crippen LogP contribution in [0, 0.1) is 0 Å². The normalized spacial score (nSPS) is 11.6. The van der Waals surface area contributed by atoms with E-state index in [4.69, 9.17) is 4.74 Å². The molecule has 0 aromatic heterocycles. The largest absolute Gasteiger partial charge is 0.491 e. The maximum atomic E-state index is 11.9. The van der Waals surface area contributed by atoms with Crippen molar-refractivity contribution in [2.45, 2.75) is 25.9 Å². The summed E-state index contributed by atoms with van der Waals surface area (Å²) in [5, 5.41) is 14.7. The smallest absolute Gasteiger partial charge is 0.319 e. The van der Waals surface area contributed by atoms with Gasteiger partial charge in [-0.1, -0.05) is 42.5 Å². The van der Waals surface area contributed by atoms with E-state index in [0.29, 0.717) is 31.0 Å². The van der Waals surface area contributed by atoms with E-state index in [1.807, 2.05) is 36.4 Å². The van der Waals surface area contributed by atoms with E-state index in [9.17, 15) is 9.90 Å². The van der Waals surface area contributed by atoms with Gasteiger partial charge in [0.15, 0.2) is 0 Å². The van der Waals surface area contributed by atoms with Crippen molar-refractivity contribution in [1.82, 2.24) is 5.32 Å². The highest BCUT2D eigenvalue weighted by atomic mass is 16.5. The van der Waals surface area contributed by atoms with Gasteiger partial charge in [0.1, 0.15) is 5.75 Å². The van der Waals surface area contributed by atoms with Crippen molar-refractivity contribution >= 4 is 11.7 Å². The zero-order valence-corrected chi connectivity index (χ0v) is 13.9. The van der Waals surface area contributed by atoms with Gasteiger partial charge in [0.2, 0.25) is 0 Å². The Morgan fingerprint density at radius 1 is 1.12 bits per heavy atom. The first kappa shape index (κ1) is 17.8. The molecule has 2 aromatic carbocycles. The Labute approximate surface area is 142 Å². The number of rotatable bonds is 8. The molecule has 5 nitrogen and oxygen atoms in total. The number of nitrogens with one attached hydrogen (secondary N) is 2. The maximum absolute atomic E-state index is 11.9. The number of hydrogen-bond donors (Lipinski definition) is 3. The van der Waals surface area contributed by atoms with Crippen LogP contribution in [-0.4, -0.2) is 30.4 Å². The lowest BCUT2D eigenvalue weighted by molar-refractivity contribution is 0.184. The van der Waals surface area contributed by atoms with Gasteiger partial charge in [-0.05, 0) is 31.0 Å². The Morgan fingerprint density at radius 3 is 2.58 bits per heavy atom. The van der Waals surface area contributed by atoms with Crippen LogP contribution in [0.5, 0.6) is 5.75 Å². The molecule has 24 heavy (non-hydrogen) atoms. The minimum Gasteiger partial charge on any atom is -0.491 e. The monoisotopic (exact) mass is 328 g/mol. The van der Waals surface area contributed by atoms with Crippen molar-refractivity contribution in [2.75, 3.05) is 18.5 Å². The van der Waals surface area contributed by atoms with Crippen LogP contribution in [0.15, 0.2) is 54.6 Å². The summed E-state index contributed by atoms with van der Waals surface area (Å²) in [4.78, 5) is 11.9. The second-order valence-corrected chi connectivity index (χ2v) is 5.60. The highest BCUT2D eigenvalue weighted by molar-refractivity contribution is 5.90. The summed E-state index contributed by atoms with van der Waals surface area (Å²) in [6, 6.07) is 17.1. The first-order valence-corrected chi connectivity index (χ1v) is 8.14. The molecule has 5 heteroatoms. The Morgan fingerprint density at radius 2 is 1.83 bits per heavy atom. The summed E-state index contributed by atoms with van der Waals surface area (Å²) >= 11 is 0. The van der Waals surface area contributed by atoms with E-state index in [2.05, 4.69) is 22.8 Å². The Balaban J connectivity index is 1.84. The summed E-state index contributed by atoms with van der Waals surface area (Å²) in [6.07, 6.45) is 0.886. The molecule has 128 valence electrons. The number of hydrogen-bond acceptors (Lipinski definition) is 3. The highest BCUT2D eigenvalue weighted by Crippen LogP contribution is 2.23. The first-order chi connectivity index (χ1) is 11.6. The van der Waals surface area contributed by atoms with Gasteiger partial charge in [-0.25, -0.2) is 4.79 Å². The third-order valence-corrected chi connectivity index (χ3v) is 3.47. The fourth-order valence-electron chi connectivity index (χ4n) is 2.18. The molecule has 0 spiro atoms. The zero-order valence-electron chi connectivity index (χ0n) is 13.9. The van der Waals surface area contributed by atoms with E-state index < -0.39 is 6.10 Å². The number of urea groups is 1. The quantitative estimate of drug-likeness (QED) is 0.697. The van der Waals surface area contributed by atoms with Crippen LogP contribution in [-0.2, 0) is 6.42 Å². The van der Waals surface area contributed by atoms with E-state index in [1.54, 1.807) is 13.0 Å². The molecular formula is C19H24N2O3. The molecule has 1 unspecified atom stereocenters. The fourth-order valence-corrected chi connectivity index (χ4v) is 2.18. The SMILES string of the molecule is CC(O)CCNC(=O)Nc1ccccc1OCCc1ccccc1. The van der Waals surface area contributed by atoms with Crippen LogP contribution in [0.4, 0.5) is 10.5 Å². The van der Waals surface area contributed by atoms with Crippen LogP contribution in [0.2, 0.25) is 0 Å². The Hall–Kier alpha value is -2.53. The van der Waals surface area contributed by atoms with Gasteiger partial charge in [0, 0.05) is 13.0 Å². The van der Waals surface area contributed by atoms with Crippen LogP contribution < -0.4 is 15.4 Å². The van der Waals surface area contributed by atoms with Crippen molar-refractivity contribution in [3.8, 4) is 5.75 Å². The van der Waals surface area contributed by atoms with Gasteiger partial charge >= 0.3 is 6.03 Å². The molecule has 3 N–H and O–H groups in total. The lowest BCUT2D eigenvalue weighted by Crippen LogP contribution is -2.31. The van der Waals surface area contributed by atoms with E-state index in [0.717, 1.165) is 6.42 Å². The number of amides is 2. The topological polar surface area (TPSA) is 70.6 Å². The Kier molecular flexibility index (Phi) is 7.11. The van der Waals surface area contributed by atoms with Gasteiger partial charge in [0.05, 0.1) is 18.4 Å². The maximum Gasteiger partial charge on any atom is 0.319 e. The molecule has 2 rings (SSSR count). The fraction of sp³-hybridized carbons (Fsp3) is 0.316. The van der Waals surface area contributed by atoms with Crippen molar-refractivity contribution in [2.24, 2.45) is 0 Å². The summed E-state index contributed by atoms with van der Waals surface area (Å²) in [7, 11) is 0. The second kappa shape index (κ2) is 9.57. The summed E-state index contributed by atoms with van der Waals surface area (Å²) in [5.41, 5.74) is 1.83. The number of carbonyl (C=O) groups is 1. The lowest BCUT2D eigenvalue weighted by Gasteiger charge is -2.13. The number of carbonyl (C=O) groups excluding carboxylic acids is 1. The molecule has 0 fully saturated rings. The van der Waals surface area contributed by atoms with E-state index >= 15 is 0 Å². The molecule has 0 saturated carbocycles. The molecule has 0 aliphatic rings. The minimum absolute atomic E-state index is 0.310. The average Bonchev–Trinajstić information content (AvgIpc) is 2.57. The third kappa shape index (κ3) is 6.30. The first-order valence-electron chi connectivity index (χ1n) is 8.14. The minimum atomic E-state index is -0.432. The van der Waals surface area contributed by atoms with Gasteiger partial charge in [-0.15, -0.1) is 0 Å². The van der Waals surface area contributed by atoms with Crippen molar-refractivity contribution in [3.05, 3.63) is 60.2 Å². The number of anilines is 1. The van der Waals surface area contributed by atoms with E-state index in [1.165, 1.54) is 5.56 Å². The molecule has 0 bridgehead atoms. The summed E-state index contributed by atoms with van der Waals surface area (Å²) < 4.78 is 5.80. The third-order valence-electron chi connectivity index (χ3n) is 3.47. The van der Waals surface area contributed by atoms with Gasteiger partial charge in [-0.3, -0.25) is 0 Å². The molecule has 2 amide bonds. The van der Waals surface area contributed by atoms with Crippen LogP contribution >= 0.6 is 0 Å². The van der Waals surface area contributed by atoms with Crippen molar-refractivity contribution < 1.29 is 14.6 Å². The van der Waals surface area contributed by atoms with Gasteiger partial charge in [0.25, 0.3) is 0 Å². The molecular weight excluding hydrogens is 304 g/mol. The molecule has 0 aliphatic carbocycles. The van der Waals surface area contributed by atoms with Crippen LogP contribution in [0.3, 0.4) is 0 Å². The molecule has 0 heterocycles. The van der Waals surface area contributed by atoms with Crippen LogP contribution in [0.25, 0.3) is 0 Å². The highest BCUT2D eigenvalue weighted by Gasteiger charge is 2.07. The summed E-state index contributed by atoms with van der Waals surface area (Å²) in [6.45, 7) is 2.64. The molecule has 0 aliphatic heterocycles. The predicted molar refractivity (Wildman–Crippen MR) is 95.4 cm³/mol. The number of para-hydroxylation sites is 2. The average molecular weight is 328 g/mol. The number of aliphatic hydroxyl groups excluding tert-OH is 1. The summed E-state index contributed by atoms with van der Waals surface area (Å²) in [5.74, 6) is 0.638. The molecule has 0 saturated heterocycles. The number of aliphatic hydroxyl groups is 1.